The summed E-state index contributed by atoms with van der Waals surface area (Å²) in [4.78, 5) is 15.2. The number of carbonyl (C=O) groups is 1. The number of allylic oxidation sites excluding steroid dienone is 2. The average Bonchev–Trinajstić information content (AvgIpc) is 2.16. The lowest BCUT2D eigenvalue weighted by molar-refractivity contribution is 0.0696. The Morgan fingerprint density at radius 3 is 2.33 bits per heavy atom. The second kappa shape index (κ2) is 4.26. The Balaban J connectivity index is 3.43. The predicted molar refractivity (Wildman–Crippen MR) is 59.9 cm³/mol. The maximum Gasteiger partial charge on any atom is 0.336 e. The van der Waals surface area contributed by atoms with E-state index in [1.165, 1.54) is 0 Å². The summed E-state index contributed by atoms with van der Waals surface area (Å²) < 4.78 is 0. The number of aromatic nitrogens is 1. The van der Waals surface area contributed by atoms with Gasteiger partial charge in [0.2, 0.25) is 0 Å². The Labute approximate surface area is 89.5 Å². The van der Waals surface area contributed by atoms with Crippen LogP contribution in [-0.4, -0.2) is 16.1 Å². The van der Waals surface area contributed by atoms with Crippen LogP contribution in [0.4, 0.5) is 0 Å². The molecule has 1 heterocycles. The Bertz CT molecular complexity index is 429. The number of aryl methyl sites for hydroxylation is 1. The lowest BCUT2D eigenvalue weighted by Gasteiger charge is -2.08. The molecule has 0 amide bonds. The van der Waals surface area contributed by atoms with E-state index >= 15 is 0 Å². The number of pyridine rings is 1. The van der Waals surface area contributed by atoms with Crippen molar-refractivity contribution in [2.45, 2.75) is 27.7 Å². The first-order chi connectivity index (χ1) is 6.93. The molecule has 0 fully saturated rings. The van der Waals surface area contributed by atoms with Crippen molar-refractivity contribution in [3.8, 4) is 0 Å². The first kappa shape index (κ1) is 11.4. The molecule has 80 valence electrons. The average molecular weight is 205 g/mol. The van der Waals surface area contributed by atoms with E-state index in [-0.39, 0.29) is 0 Å². The van der Waals surface area contributed by atoms with E-state index in [9.17, 15) is 4.79 Å². The zero-order chi connectivity index (χ0) is 11.6. The first-order valence-corrected chi connectivity index (χ1v) is 4.78. The third kappa shape index (κ3) is 2.43. The maximum atomic E-state index is 11.1. The quantitative estimate of drug-likeness (QED) is 0.807. The van der Waals surface area contributed by atoms with E-state index in [4.69, 9.17) is 5.11 Å². The molecule has 0 saturated heterocycles. The Kier molecular flexibility index (Phi) is 3.24. The number of aromatic carboxylic acids is 1. The van der Waals surface area contributed by atoms with E-state index in [0.717, 1.165) is 16.8 Å². The van der Waals surface area contributed by atoms with Gasteiger partial charge in [-0.25, -0.2) is 4.79 Å². The van der Waals surface area contributed by atoms with Gasteiger partial charge in [0.1, 0.15) is 0 Å². The molecule has 0 unspecified atom stereocenters. The van der Waals surface area contributed by atoms with Gasteiger partial charge in [-0.2, -0.15) is 0 Å². The van der Waals surface area contributed by atoms with E-state index < -0.39 is 5.97 Å². The van der Waals surface area contributed by atoms with E-state index in [2.05, 4.69) is 4.98 Å². The highest BCUT2D eigenvalue weighted by Gasteiger charge is 2.12. The van der Waals surface area contributed by atoms with Gasteiger partial charge in [-0.05, 0) is 39.3 Å². The monoisotopic (exact) mass is 205 g/mol. The van der Waals surface area contributed by atoms with Gasteiger partial charge in [0, 0.05) is 17.5 Å². The molecular weight excluding hydrogens is 190 g/mol. The largest absolute Gasteiger partial charge is 0.478 e. The van der Waals surface area contributed by atoms with Gasteiger partial charge in [0.15, 0.2) is 0 Å². The van der Waals surface area contributed by atoms with Gasteiger partial charge in [0.05, 0.1) is 5.56 Å². The second-order valence-electron chi connectivity index (χ2n) is 3.80. The summed E-state index contributed by atoms with van der Waals surface area (Å²) in [5.41, 5.74) is 3.81. The smallest absolute Gasteiger partial charge is 0.336 e. The fourth-order valence-corrected chi connectivity index (χ4v) is 1.30. The third-order valence-corrected chi connectivity index (χ3v) is 2.43. The number of hydrogen-bond donors (Lipinski definition) is 1. The Hall–Kier alpha value is -1.64. The fraction of sp³-hybridized carbons (Fsp3) is 0.333. The highest BCUT2D eigenvalue weighted by atomic mass is 16.4. The molecule has 1 aromatic rings. The van der Waals surface area contributed by atoms with Crippen LogP contribution < -0.4 is 0 Å². The molecule has 1 N–H and O–H groups in total. The van der Waals surface area contributed by atoms with Crippen molar-refractivity contribution in [2.24, 2.45) is 0 Å². The summed E-state index contributed by atoms with van der Waals surface area (Å²) in [6.45, 7) is 7.61. The van der Waals surface area contributed by atoms with Crippen LogP contribution in [0.2, 0.25) is 0 Å². The van der Waals surface area contributed by atoms with Gasteiger partial charge in [0.25, 0.3) is 0 Å². The summed E-state index contributed by atoms with van der Waals surface area (Å²) in [5, 5.41) is 9.07. The van der Waals surface area contributed by atoms with E-state index in [1.807, 2.05) is 20.8 Å². The van der Waals surface area contributed by atoms with Crippen molar-refractivity contribution in [3.63, 3.8) is 0 Å². The molecule has 0 aliphatic rings. The summed E-state index contributed by atoms with van der Waals surface area (Å²) in [7, 11) is 0. The van der Waals surface area contributed by atoms with Crippen LogP contribution in [-0.2, 0) is 0 Å². The predicted octanol–water partition coefficient (Wildman–Crippen LogP) is 2.90. The normalized spacial score (nSPS) is 9.87. The molecule has 1 aromatic heterocycles. The second-order valence-corrected chi connectivity index (χ2v) is 3.80. The number of rotatable bonds is 2. The van der Waals surface area contributed by atoms with Crippen LogP contribution in [0, 0.1) is 6.92 Å². The topological polar surface area (TPSA) is 50.2 Å². The highest BCUT2D eigenvalue weighted by Crippen LogP contribution is 2.21. The van der Waals surface area contributed by atoms with Crippen molar-refractivity contribution in [1.82, 2.24) is 4.98 Å². The number of nitrogens with zero attached hydrogens (tertiary/aromatic N) is 1. The summed E-state index contributed by atoms with van der Waals surface area (Å²) in [6.07, 6.45) is 1.63. The van der Waals surface area contributed by atoms with E-state index in [0.29, 0.717) is 11.1 Å². The van der Waals surface area contributed by atoms with Gasteiger partial charge < -0.3 is 5.11 Å². The van der Waals surface area contributed by atoms with Crippen molar-refractivity contribution >= 4 is 11.5 Å². The zero-order valence-electron chi connectivity index (χ0n) is 9.46. The highest BCUT2D eigenvalue weighted by molar-refractivity contribution is 5.94. The summed E-state index contributed by atoms with van der Waals surface area (Å²) in [6, 6.07) is 1.60. The summed E-state index contributed by atoms with van der Waals surface area (Å²) >= 11 is 0. The van der Waals surface area contributed by atoms with Crippen LogP contribution in [0.5, 0.6) is 0 Å². The minimum Gasteiger partial charge on any atom is -0.478 e. The third-order valence-electron chi connectivity index (χ3n) is 2.43. The number of hydrogen-bond acceptors (Lipinski definition) is 2. The minimum atomic E-state index is -0.906. The van der Waals surface area contributed by atoms with Gasteiger partial charge >= 0.3 is 5.97 Å². The molecule has 0 spiro atoms. The SMILES string of the molecule is CC(C)=C(C)c1cnc(C)cc1C(=O)O. The van der Waals surface area contributed by atoms with Crippen molar-refractivity contribution in [1.29, 1.82) is 0 Å². The first-order valence-electron chi connectivity index (χ1n) is 4.78. The molecule has 0 saturated carbocycles. The van der Waals surface area contributed by atoms with Crippen LogP contribution in [0.1, 0.15) is 42.4 Å². The molecule has 0 aliphatic carbocycles. The van der Waals surface area contributed by atoms with Gasteiger partial charge in [-0.3, -0.25) is 4.98 Å². The molecule has 0 aromatic carbocycles. The molecule has 0 radical (unpaired) electrons. The van der Waals surface area contributed by atoms with Crippen molar-refractivity contribution in [2.75, 3.05) is 0 Å². The molecule has 3 heteroatoms. The van der Waals surface area contributed by atoms with Crippen molar-refractivity contribution in [3.05, 3.63) is 34.7 Å². The molecule has 0 aliphatic heterocycles. The maximum absolute atomic E-state index is 11.1. The van der Waals surface area contributed by atoms with Crippen LogP contribution in [0.3, 0.4) is 0 Å². The van der Waals surface area contributed by atoms with Crippen LogP contribution in [0.25, 0.3) is 5.57 Å². The molecular formula is C12H15NO2. The van der Waals surface area contributed by atoms with Crippen molar-refractivity contribution < 1.29 is 9.90 Å². The molecule has 3 nitrogen and oxygen atoms in total. The lowest BCUT2D eigenvalue weighted by atomic mass is 9.99. The molecule has 15 heavy (non-hydrogen) atoms. The van der Waals surface area contributed by atoms with Crippen LogP contribution in [0.15, 0.2) is 17.8 Å². The van der Waals surface area contributed by atoms with Gasteiger partial charge in [-0.1, -0.05) is 5.57 Å². The fourth-order valence-electron chi connectivity index (χ4n) is 1.30. The Morgan fingerprint density at radius 1 is 1.27 bits per heavy atom. The number of carboxylic acids is 1. The Morgan fingerprint density at radius 2 is 1.87 bits per heavy atom. The number of carboxylic acid groups (broad SMARTS) is 1. The van der Waals surface area contributed by atoms with E-state index in [1.54, 1.807) is 19.2 Å². The lowest BCUT2D eigenvalue weighted by Crippen LogP contribution is -2.03. The van der Waals surface area contributed by atoms with Crippen LogP contribution >= 0.6 is 0 Å². The molecule has 0 atom stereocenters. The standard InChI is InChI=1S/C12H15NO2/c1-7(2)9(4)11-6-13-8(3)5-10(11)12(14)15/h5-6H,1-4H3,(H,14,15). The zero-order valence-corrected chi connectivity index (χ0v) is 9.46. The minimum absolute atomic E-state index is 0.321. The molecule has 0 bridgehead atoms. The van der Waals surface area contributed by atoms with Gasteiger partial charge in [-0.15, -0.1) is 0 Å². The summed E-state index contributed by atoms with van der Waals surface area (Å²) in [5.74, 6) is -0.906. The molecule has 1 rings (SSSR count).